The first-order chi connectivity index (χ1) is 8.25. The van der Waals surface area contributed by atoms with E-state index in [1.54, 1.807) is 11.2 Å². The Hall–Kier alpha value is -1.56. The maximum absolute atomic E-state index is 10.9. The first-order valence-electron chi connectivity index (χ1n) is 6.00. The molecule has 6 nitrogen and oxygen atoms in total. The molecule has 2 amide bonds. The van der Waals surface area contributed by atoms with Gasteiger partial charge in [0.25, 0.3) is 0 Å². The molecule has 0 bridgehead atoms. The third-order valence-corrected chi connectivity index (χ3v) is 3.19. The van der Waals surface area contributed by atoms with Crippen LogP contribution in [0.3, 0.4) is 0 Å². The Kier molecular flexibility index (Phi) is 3.98. The Labute approximate surface area is 101 Å². The number of hydrogen-bond donors (Lipinski definition) is 3. The number of carbonyl (C=O) groups is 1. The molecule has 1 aliphatic heterocycles. The van der Waals surface area contributed by atoms with Crippen LogP contribution in [0.25, 0.3) is 0 Å². The van der Waals surface area contributed by atoms with E-state index in [9.17, 15) is 4.79 Å². The van der Waals surface area contributed by atoms with Crippen molar-refractivity contribution in [3.8, 4) is 0 Å². The summed E-state index contributed by atoms with van der Waals surface area (Å²) in [4.78, 5) is 19.7. The summed E-state index contributed by atoms with van der Waals surface area (Å²) in [6.07, 6.45) is 6.45. The zero-order valence-corrected chi connectivity index (χ0v) is 9.85. The number of piperidine rings is 1. The number of urea groups is 1. The molecule has 17 heavy (non-hydrogen) atoms. The molecule has 1 fully saturated rings. The van der Waals surface area contributed by atoms with Crippen molar-refractivity contribution in [3.63, 3.8) is 0 Å². The fourth-order valence-corrected chi connectivity index (χ4v) is 2.14. The summed E-state index contributed by atoms with van der Waals surface area (Å²) in [6, 6.07) is 0.189. The van der Waals surface area contributed by atoms with E-state index in [0.29, 0.717) is 6.04 Å². The van der Waals surface area contributed by atoms with E-state index >= 15 is 0 Å². The monoisotopic (exact) mass is 237 g/mol. The first-order valence-corrected chi connectivity index (χ1v) is 6.00. The van der Waals surface area contributed by atoms with Gasteiger partial charge < -0.3 is 20.9 Å². The smallest absolute Gasteiger partial charge is 0.314 e. The number of aromatic amines is 1. The molecule has 0 radical (unpaired) electrons. The van der Waals surface area contributed by atoms with Gasteiger partial charge in [-0.15, -0.1) is 0 Å². The second kappa shape index (κ2) is 5.67. The standard InChI is InChI=1S/C11H19N5O/c12-11(17)16-5-2-9(3-6-16)14-4-1-10-7-13-8-15-10/h7-9,14H,1-6H2,(H2,12,17)(H,13,15). The summed E-state index contributed by atoms with van der Waals surface area (Å²) < 4.78 is 0. The van der Waals surface area contributed by atoms with Crippen LogP contribution in [0.15, 0.2) is 12.5 Å². The topological polar surface area (TPSA) is 87.0 Å². The number of hydrogen-bond acceptors (Lipinski definition) is 3. The lowest BCUT2D eigenvalue weighted by Crippen LogP contribution is -2.47. The van der Waals surface area contributed by atoms with Crippen LogP contribution in [0, 0.1) is 0 Å². The summed E-state index contributed by atoms with van der Waals surface area (Å²) in [6.45, 7) is 2.46. The predicted octanol–water partition coefficient (Wildman–Crippen LogP) is 0.0849. The number of nitrogens with two attached hydrogens (primary N) is 1. The van der Waals surface area contributed by atoms with Gasteiger partial charge in [-0.3, -0.25) is 0 Å². The summed E-state index contributed by atoms with van der Waals surface area (Å²) in [5.41, 5.74) is 6.38. The van der Waals surface area contributed by atoms with Crippen molar-refractivity contribution in [3.05, 3.63) is 18.2 Å². The molecule has 6 heteroatoms. The molecule has 1 aromatic rings. The molecule has 1 aromatic heterocycles. The highest BCUT2D eigenvalue weighted by Crippen LogP contribution is 2.09. The normalized spacial score (nSPS) is 17.3. The number of carbonyl (C=O) groups excluding carboxylic acids is 1. The van der Waals surface area contributed by atoms with Crippen LogP contribution >= 0.6 is 0 Å². The Morgan fingerprint density at radius 3 is 2.94 bits per heavy atom. The lowest BCUT2D eigenvalue weighted by molar-refractivity contribution is 0.185. The van der Waals surface area contributed by atoms with Crippen LogP contribution in [0.5, 0.6) is 0 Å². The molecule has 1 saturated heterocycles. The third-order valence-electron chi connectivity index (χ3n) is 3.19. The zero-order chi connectivity index (χ0) is 12.1. The van der Waals surface area contributed by atoms with E-state index in [0.717, 1.165) is 44.6 Å². The van der Waals surface area contributed by atoms with Gasteiger partial charge in [0.05, 0.1) is 6.33 Å². The number of primary amides is 1. The molecular formula is C11H19N5O. The van der Waals surface area contributed by atoms with Crippen molar-refractivity contribution >= 4 is 6.03 Å². The maximum atomic E-state index is 10.9. The van der Waals surface area contributed by atoms with Crippen LogP contribution < -0.4 is 11.1 Å². The third kappa shape index (κ3) is 3.45. The van der Waals surface area contributed by atoms with Crippen molar-refractivity contribution in [1.82, 2.24) is 20.2 Å². The molecule has 2 rings (SSSR count). The Balaban J connectivity index is 1.63. The van der Waals surface area contributed by atoms with Gasteiger partial charge in [-0.1, -0.05) is 0 Å². The van der Waals surface area contributed by atoms with E-state index in [1.807, 2.05) is 6.20 Å². The minimum atomic E-state index is -0.305. The highest BCUT2D eigenvalue weighted by atomic mass is 16.2. The molecule has 0 aromatic carbocycles. The van der Waals surface area contributed by atoms with Gasteiger partial charge in [0.2, 0.25) is 0 Å². The van der Waals surface area contributed by atoms with Gasteiger partial charge in [-0.25, -0.2) is 9.78 Å². The molecule has 4 N–H and O–H groups in total. The van der Waals surface area contributed by atoms with Crippen LogP contribution in [0.1, 0.15) is 18.5 Å². The largest absolute Gasteiger partial charge is 0.351 e. The highest BCUT2D eigenvalue weighted by Gasteiger charge is 2.20. The lowest BCUT2D eigenvalue weighted by atomic mass is 10.1. The molecule has 0 unspecified atom stereocenters. The Morgan fingerprint density at radius 1 is 1.59 bits per heavy atom. The van der Waals surface area contributed by atoms with Gasteiger partial charge in [0, 0.05) is 44.0 Å². The fraction of sp³-hybridized carbons (Fsp3) is 0.636. The van der Waals surface area contributed by atoms with E-state index in [4.69, 9.17) is 5.73 Å². The number of H-pyrrole nitrogens is 1. The number of amides is 2. The Bertz CT molecular complexity index is 343. The highest BCUT2D eigenvalue weighted by molar-refractivity contribution is 5.72. The van der Waals surface area contributed by atoms with Gasteiger partial charge >= 0.3 is 6.03 Å². The van der Waals surface area contributed by atoms with Crippen molar-refractivity contribution in [1.29, 1.82) is 0 Å². The predicted molar refractivity (Wildman–Crippen MR) is 64.5 cm³/mol. The molecule has 0 spiro atoms. The van der Waals surface area contributed by atoms with Gasteiger partial charge in [0.1, 0.15) is 0 Å². The van der Waals surface area contributed by atoms with Crippen molar-refractivity contribution in [2.24, 2.45) is 5.73 Å². The second-order valence-corrected chi connectivity index (χ2v) is 4.38. The van der Waals surface area contributed by atoms with Crippen molar-refractivity contribution in [2.45, 2.75) is 25.3 Å². The molecule has 0 aliphatic carbocycles. The zero-order valence-electron chi connectivity index (χ0n) is 9.85. The van der Waals surface area contributed by atoms with Crippen LogP contribution in [-0.4, -0.2) is 46.6 Å². The SMILES string of the molecule is NC(=O)N1CCC(NCCc2cnc[nH]2)CC1. The van der Waals surface area contributed by atoms with Gasteiger partial charge in [-0.2, -0.15) is 0 Å². The minimum Gasteiger partial charge on any atom is -0.351 e. The number of nitrogens with one attached hydrogen (secondary N) is 2. The van der Waals surface area contributed by atoms with Crippen molar-refractivity contribution in [2.75, 3.05) is 19.6 Å². The summed E-state index contributed by atoms with van der Waals surface area (Å²) >= 11 is 0. The summed E-state index contributed by atoms with van der Waals surface area (Å²) in [5, 5.41) is 3.49. The van der Waals surface area contributed by atoms with E-state index in [2.05, 4.69) is 15.3 Å². The number of rotatable bonds is 4. The lowest BCUT2D eigenvalue weighted by Gasteiger charge is -2.31. The molecule has 0 atom stereocenters. The summed E-state index contributed by atoms with van der Waals surface area (Å²) in [7, 11) is 0. The molecule has 0 saturated carbocycles. The van der Waals surface area contributed by atoms with Gasteiger partial charge in [0.15, 0.2) is 0 Å². The average Bonchev–Trinajstić information content (AvgIpc) is 2.83. The quantitative estimate of drug-likeness (QED) is 0.693. The number of imidazole rings is 1. The van der Waals surface area contributed by atoms with Crippen LogP contribution in [0.2, 0.25) is 0 Å². The number of nitrogens with zero attached hydrogens (tertiary/aromatic N) is 2. The summed E-state index contributed by atoms with van der Waals surface area (Å²) in [5.74, 6) is 0. The number of aromatic nitrogens is 2. The maximum Gasteiger partial charge on any atom is 0.314 e. The first kappa shape index (κ1) is 11.9. The fourth-order valence-electron chi connectivity index (χ4n) is 2.14. The molecular weight excluding hydrogens is 218 g/mol. The number of likely N-dealkylation sites (tertiary alicyclic amines) is 1. The molecule has 94 valence electrons. The van der Waals surface area contributed by atoms with Gasteiger partial charge in [-0.05, 0) is 12.8 Å². The van der Waals surface area contributed by atoms with Crippen LogP contribution in [0.4, 0.5) is 4.79 Å². The van der Waals surface area contributed by atoms with Crippen LogP contribution in [-0.2, 0) is 6.42 Å². The van der Waals surface area contributed by atoms with E-state index in [-0.39, 0.29) is 6.03 Å². The van der Waals surface area contributed by atoms with E-state index in [1.165, 1.54) is 0 Å². The Morgan fingerprint density at radius 2 is 2.35 bits per heavy atom. The second-order valence-electron chi connectivity index (χ2n) is 4.38. The molecule has 1 aliphatic rings. The van der Waals surface area contributed by atoms with E-state index < -0.39 is 0 Å². The minimum absolute atomic E-state index is 0.305. The average molecular weight is 237 g/mol. The molecule has 2 heterocycles. The van der Waals surface area contributed by atoms with Crippen molar-refractivity contribution < 1.29 is 4.79 Å².